The lowest BCUT2D eigenvalue weighted by molar-refractivity contribution is -0.199. The Balaban J connectivity index is 1.89. The zero-order chi connectivity index (χ0) is 8.11. The SMILES string of the molecule is C#CC1CC2(C1)CC(F)(F)C2. The van der Waals surface area contributed by atoms with Crippen LogP contribution in [0, 0.1) is 23.7 Å². The molecule has 0 amide bonds. The van der Waals surface area contributed by atoms with E-state index in [0.29, 0.717) is 0 Å². The van der Waals surface area contributed by atoms with Crippen LogP contribution < -0.4 is 0 Å². The van der Waals surface area contributed by atoms with Crippen molar-refractivity contribution in [2.45, 2.75) is 31.6 Å². The third-order valence-electron chi connectivity index (χ3n) is 2.86. The molecule has 11 heavy (non-hydrogen) atoms. The van der Waals surface area contributed by atoms with Crippen molar-refractivity contribution in [2.24, 2.45) is 11.3 Å². The van der Waals surface area contributed by atoms with E-state index >= 15 is 0 Å². The Bertz CT molecular complexity index is 208. The molecular formula is C9H10F2. The van der Waals surface area contributed by atoms with Crippen LogP contribution in [-0.2, 0) is 0 Å². The van der Waals surface area contributed by atoms with E-state index in [1.165, 1.54) is 0 Å². The van der Waals surface area contributed by atoms with Crippen molar-refractivity contribution in [2.75, 3.05) is 0 Å². The van der Waals surface area contributed by atoms with Gasteiger partial charge in [-0.25, -0.2) is 8.78 Å². The Morgan fingerprint density at radius 2 is 1.82 bits per heavy atom. The number of rotatable bonds is 0. The van der Waals surface area contributed by atoms with Gasteiger partial charge in [0.05, 0.1) is 0 Å². The van der Waals surface area contributed by atoms with Crippen LogP contribution in [0.4, 0.5) is 8.78 Å². The largest absolute Gasteiger partial charge is 0.249 e. The van der Waals surface area contributed by atoms with E-state index in [9.17, 15) is 8.78 Å². The molecule has 2 aliphatic carbocycles. The second-order valence-electron chi connectivity index (χ2n) is 3.98. The average molecular weight is 156 g/mol. The predicted molar refractivity (Wildman–Crippen MR) is 38.2 cm³/mol. The molecule has 2 saturated carbocycles. The third-order valence-corrected chi connectivity index (χ3v) is 2.86. The summed E-state index contributed by atoms with van der Waals surface area (Å²) in [4.78, 5) is 0. The highest BCUT2D eigenvalue weighted by molar-refractivity contribution is 5.13. The molecular weight excluding hydrogens is 146 g/mol. The molecule has 0 saturated heterocycles. The minimum Gasteiger partial charge on any atom is -0.207 e. The summed E-state index contributed by atoms with van der Waals surface area (Å²) in [5.41, 5.74) is -0.0411. The van der Waals surface area contributed by atoms with Crippen LogP contribution in [0.3, 0.4) is 0 Å². The molecule has 0 aromatic rings. The normalized spacial score (nSPS) is 32.1. The third kappa shape index (κ3) is 0.946. The first kappa shape index (κ1) is 7.09. The molecule has 60 valence electrons. The van der Waals surface area contributed by atoms with Gasteiger partial charge in [-0.15, -0.1) is 12.3 Å². The van der Waals surface area contributed by atoms with Crippen LogP contribution in [0.15, 0.2) is 0 Å². The van der Waals surface area contributed by atoms with Gasteiger partial charge >= 0.3 is 0 Å². The molecule has 2 aliphatic rings. The van der Waals surface area contributed by atoms with E-state index in [0.717, 1.165) is 12.8 Å². The Labute approximate surface area is 65.0 Å². The fraction of sp³-hybridized carbons (Fsp3) is 0.778. The fourth-order valence-electron chi connectivity index (χ4n) is 2.44. The predicted octanol–water partition coefficient (Wildman–Crippen LogP) is 2.45. The lowest BCUT2D eigenvalue weighted by Gasteiger charge is -2.56. The van der Waals surface area contributed by atoms with Crippen molar-refractivity contribution in [3.05, 3.63) is 0 Å². The molecule has 0 heterocycles. The Kier molecular flexibility index (Phi) is 1.14. The minimum atomic E-state index is -2.38. The van der Waals surface area contributed by atoms with Gasteiger partial charge in [-0.05, 0) is 18.3 Å². The van der Waals surface area contributed by atoms with Crippen molar-refractivity contribution < 1.29 is 8.78 Å². The van der Waals surface area contributed by atoms with Crippen molar-refractivity contribution in [1.29, 1.82) is 0 Å². The van der Waals surface area contributed by atoms with Gasteiger partial charge < -0.3 is 0 Å². The first-order chi connectivity index (χ1) is 5.05. The number of hydrogen-bond donors (Lipinski definition) is 0. The summed E-state index contributed by atoms with van der Waals surface area (Å²) in [5.74, 6) is 0.515. The molecule has 1 spiro atoms. The molecule has 0 unspecified atom stereocenters. The van der Waals surface area contributed by atoms with Crippen LogP contribution in [0.2, 0.25) is 0 Å². The molecule has 0 aromatic heterocycles. The summed E-state index contributed by atoms with van der Waals surface area (Å²) in [6.45, 7) is 0. The molecule has 0 aromatic carbocycles. The second kappa shape index (κ2) is 1.77. The molecule has 0 N–H and O–H groups in total. The van der Waals surface area contributed by atoms with Crippen LogP contribution >= 0.6 is 0 Å². The van der Waals surface area contributed by atoms with E-state index in [2.05, 4.69) is 5.92 Å². The summed E-state index contributed by atoms with van der Waals surface area (Å²) in [6.07, 6.45) is 6.99. The molecule has 0 radical (unpaired) electrons. The topological polar surface area (TPSA) is 0 Å². The van der Waals surface area contributed by atoms with Crippen LogP contribution in [0.5, 0.6) is 0 Å². The zero-order valence-corrected chi connectivity index (χ0v) is 6.24. The summed E-state index contributed by atoms with van der Waals surface area (Å²) in [6, 6.07) is 0. The maximum absolute atomic E-state index is 12.4. The highest BCUT2D eigenvalue weighted by Crippen LogP contribution is 2.64. The van der Waals surface area contributed by atoms with Gasteiger partial charge in [0.15, 0.2) is 0 Å². The number of alkyl halides is 2. The Hall–Kier alpha value is -0.580. The Morgan fingerprint density at radius 3 is 2.18 bits per heavy atom. The van der Waals surface area contributed by atoms with Gasteiger partial charge in [0.1, 0.15) is 0 Å². The van der Waals surface area contributed by atoms with E-state index in [1.807, 2.05) is 0 Å². The van der Waals surface area contributed by atoms with E-state index in [1.54, 1.807) is 0 Å². The average Bonchev–Trinajstić information content (AvgIpc) is 1.75. The maximum atomic E-state index is 12.4. The van der Waals surface area contributed by atoms with Crippen molar-refractivity contribution in [3.63, 3.8) is 0 Å². The molecule has 2 fully saturated rings. The molecule has 0 bridgehead atoms. The number of hydrogen-bond acceptors (Lipinski definition) is 0. The van der Waals surface area contributed by atoms with Gasteiger partial charge in [0, 0.05) is 18.8 Å². The standard InChI is InChI=1S/C9H10F2/c1-2-7-3-8(4-7)5-9(10,11)6-8/h1,7H,3-6H2. The van der Waals surface area contributed by atoms with E-state index in [4.69, 9.17) is 6.42 Å². The highest BCUT2D eigenvalue weighted by atomic mass is 19.3. The zero-order valence-electron chi connectivity index (χ0n) is 6.24. The summed E-state index contributed by atoms with van der Waals surface area (Å²) in [5, 5.41) is 0. The minimum absolute atomic E-state index is 0.0411. The second-order valence-corrected chi connectivity index (χ2v) is 3.98. The van der Waals surface area contributed by atoms with Gasteiger partial charge in [-0.3, -0.25) is 0 Å². The van der Waals surface area contributed by atoms with E-state index < -0.39 is 5.92 Å². The smallest absolute Gasteiger partial charge is 0.207 e. The van der Waals surface area contributed by atoms with Crippen LogP contribution in [0.1, 0.15) is 25.7 Å². The lowest BCUT2D eigenvalue weighted by atomic mass is 9.50. The highest BCUT2D eigenvalue weighted by Gasteiger charge is 2.61. The van der Waals surface area contributed by atoms with E-state index in [-0.39, 0.29) is 24.2 Å². The number of terminal acetylenes is 1. The van der Waals surface area contributed by atoms with Crippen molar-refractivity contribution >= 4 is 0 Å². The molecule has 0 atom stereocenters. The fourth-order valence-corrected chi connectivity index (χ4v) is 2.44. The first-order valence-corrected chi connectivity index (χ1v) is 3.89. The molecule has 0 aliphatic heterocycles. The van der Waals surface area contributed by atoms with Crippen LogP contribution in [0.25, 0.3) is 0 Å². The first-order valence-electron chi connectivity index (χ1n) is 3.89. The quantitative estimate of drug-likeness (QED) is 0.472. The maximum Gasteiger partial charge on any atom is 0.249 e. The summed E-state index contributed by atoms with van der Waals surface area (Å²) >= 11 is 0. The van der Waals surface area contributed by atoms with Crippen molar-refractivity contribution in [1.82, 2.24) is 0 Å². The monoisotopic (exact) mass is 156 g/mol. The summed E-state index contributed by atoms with van der Waals surface area (Å²) < 4.78 is 24.9. The van der Waals surface area contributed by atoms with Gasteiger partial charge in [0.25, 0.3) is 0 Å². The lowest BCUT2D eigenvalue weighted by Crippen LogP contribution is -2.53. The molecule has 0 nitrogen and oxygen atoms in total. The Morgan fingerprint density at radius 1 is 1.27 bits per heavy atom. The van der Waals surface area contributed by atoms with Gasteiger partial charge in [-0.2, -0.15) is 0 Å². The molecule has 2 heteroatoms. The van der Waals surface area contributed by atoms with Gasteiger partial charge in [0.2, 0.25) is 5.92 Å². The molecule has 2 rings (SSSR count). The van der Waals surface area contributed by atoms with Crippen molar-refractivity contribution in [3.8, 4) is 12.3 Å². The number of halogens is 2. The summed E-state index contributed by atoms with van der Waals surface area (Å²) in [7, 11) is 0. The van der Waals surface area contributed by atoms with Crippen LogP contribution in [-0.4, -0.2) is 5.92 Å². The van der Waals surface area contributed by atoms with Gasteiger partial charge in [-0.1, -0.05) is 0 Å².